The molecule has 0 saturated carbocycles. The molecule has 0 aromatic heterocycles. The SMILES string of the molecule is COc1ccc(COC[C@@H](C)N(c2ccc(C)cc2NS(=O)(=O)c2ccc(C)cc2)C(C)C)cc1. The molecule has 7 heteroatoms. The van der Waals surface area contributed by atoms with E-state index in [0.717, 1.165) is 28.1 Å². The molecule has 3 aromatic rings. The van der Waals surface area contributed by atoms with Crippen molar-refractivity contribution in [1.29, 1.82) is 0 Å². The number of benzene rings is 3. The first-order valence-electron chi connectivity index (χ1n) is 11.8. The zero-order valence-corrected chi connectivity index (χ0v) is 22.2. The summed E-state index contributed by atoms with van der Waals surface area (Å²) in [6.07, 6.45) is 0. The van der Waals surface area contributed by atoms with E-state index < -0.39 is 10.0 Å². The number of nitrogens with one attached hydrogen (secondary N) is 1. The molecule has 0 aliphatic carbocycles. The van der Waals surface area contributed by atoms with Gasteiger partial charge in [-0.1, -0.05) is 35.9 Å². The van der Waals surface area contributed by atoms with E-state index in [1.165, 1.54) is 0 Å². The predicted molar refractivity (Wildman–Crippen MR) is 143 cm³/mol. The molecule has 35 heavy (non-hydrogen) atoms. The summed E-state index contributed by atoms with van der Waals surface area (Å²) in [6, 6.07) is 20.7. The third-order valence-corrected chi connectivity index (χ3v) is 7.21. The summed E-state index contributed by atoms with van der Waals surface area (Å²) < 4.78 is 40.4. The van der Waals surface area contributed by atoms with Crippen LogP contribution in [0.3, 0.4) is 0 Å². The third kappa shape index (κ3) is 6.99. The molecule has 6 nitrogen and oxygen atoms in total. The summed E-state index contributed by atoms with van der Waals surface area (Å²) >= 11 is 0. The van der Waals surface area contributed by atoms with E-state index in [4.69, 9.17) is 9.47 Å². The van der Waals surface area contributed by atoms with Gasteiger partial charge in [-0.3, -0.25) is 4.72 Å². The highest BCUT2D eigenvalue weighted by Crippen LogP contribution is 2.32. The molecule has 0 fully saturated rings. The van der Waals surface area contributed by atoms with Crippen LogP contribution in [0.2, 0.25) is 0 Å². The largest absolute Gasteiger partial charge is 0.497 e. The Morgan fingerprint density at radius 1 is 0.886 bits per heavy atom. The minimum Gasteiger partial charge on any atom is -0.497 e. The van der Waals surface area contributed by atoms with Crippen molar-refractivity contribution in [2.45, 2.75) is 58.2 Å². The normalized spacial score (nSPS) is 12.4. The number of aryl methyl sites for hydroxylation is 2. The molecule has 0 aliphatic rings. The van der Waals surface area contributed by atoms with Crippen molar-refractivity contribution < 1.29 is 17.9 Å². The molecular formula is C28H36N2O4S. The molecule has 0 aliphatic heterocycles. The van der Waals surface area contributed by atoms with Crippen LogP contribution < -0.4 is 14.4 Å². The van der Waals surface area contributed by atoms with E-state index in [0.29, 0.717) is 18.9 Å². The minimum absolute atomic E-state index is 0.0126. The molecule has 0 unspecified atom stereocenters. The smallest absolute Gasteiger partial charge is 0.261 e. The van der Waals surface area contributed by atoms with Crippen LogP contribution in [0.1, 0.15) is 37.5 Å². The van der Waals surface area contributed by atoms with E-state index >= 15 is 0 Å². The van der Waals surface area contributed by atoms with Gasteiger partial charge in [0, 0.05) is 12.1 Å². The van der Waals surface area contributed by atoms with Crippen molar-refractivity contribution in [3.63, 3.8) is 0 Å². The number of sulfonamides is 1. The number of nitrogens with zero attached hydrogens (tertiary/aromatic N) is 1. The fourth-order valence-electron chi connectivity index (χ4n) is 4.05. The molecule has 1 atom stereocenters. The lowest BCUT2D eigenvalue weighted by Gasteiger charge is -2.36. The second-order valence-electron chi connectivity index (χ2n) is 9.15. The first-order chi connectivity index (χ1) is 16.6. The third-order valence-electron chi connectivity index (χ3n) is 5.82. The quantitative estimate of drug-likeness (QED) is 0.356. The molecule has 3 aromatic carbocycles. The van der Waals surface area contributed by atoms with Crippen LogP contribution >= 0.6 is 0 Å². The number of hydrogen-bond donors (Lipinski definition) is 1. The molecule has 0 spiro atoms. The molecule has 0 saturated heterocycles. The van der Waals surface area contributed by atoms with Crippen LogP contribution in [0, 0.1) is 13.8 Å². The Morgan fingerprint density at radius 3 is 2.11 bits per heavy atom. The van der Waals surface area contributed by atoms with E-state index in [1.807, 2.05) is 56.3 Å². The number of hydrogen-bond acceptors (Lipinski definition) is 5. The lowest BCUT2D eigenvalue weighted by molar-refractivity contribution is 0.108. The van der Waals surface area contributed by atoms with E-state index in [9.17, 15) is 8.42 Å². The molecule has 3 rings (SSSR count). The highest BCUT2D eigenvalue weighted by molar-refractivity contribution is 7.92. The van der Waals surface area contributed by atoms with Gasteiger partial charge in [-0.2, -0.15) is 0 Å². The van der Waals surface area contributed by atoms with E-state index in [-0.39, 0.29) is 17.0 Å². The van der Waals surface area contributed by atoms with Crippen molar-refractivity contribution in [2.24, 2.45) is 0 Å². The molecule has 188 valence electrons. The summed E-state index contributed by atoms with van der Waals surface area (Å²) in [5.41, 5.74) is 4.43. The Balaban J connectivity index is 1.80. The highest BCUT2D eigenvalue weighted by Gasteiger charge is 2.24. The molecule has 0 amide bonds. The average molecular weight is 497 g/mol. The molecule has 0 heterocycles. The van der Waals surface area contributed by atoms with E-state index in [1.54, 1.807) is 31.4 Å². The first kappa shape index (κ1) is 26.6. The maximum Gasteiger partial charge on any atom is 0.261 e. The predicted octanol–water partition coefficient (Wildman–Crippen LogP) is 5.93. The van der Waals surface area contributed by atoms with Crippen LogP contribution in [-0.4, -0.2) is 34.2 Å². The van der Waals surface area contributed by atoms with Gasteiger partial charge in [-0.25, -0.2) is 8.42 Å². The lowest BCUT2D eigenvalue weighted by atomic mass is 10.1. The van der Waals surface area contributed by atoms with Gasteiger partial charge >= 0.3 is 0 Å². The summed E-state index contributed by atoms with van der Waals surface area (Å²) in [4.78, 5) is 2.43. The second-order valence-corrected chi connectivity index (χ2v) is 10.8. The average Bonchev–Trinajstić information content (AvgIpc) is 2.81. The second kappa shape index (κ2) is 11.6. The molecular weight excluding hydrogens is 460 g/mol. The molecule has 0 bridgehead atoms. The lowest BCUT2D eigenvalue weighted by Crippen LogP contribution is -2.42. The van der Waals surface area contributed by atoms with Crippen LogP contribution in [-0.2, 0) is 21.4 Å². The van der Waals surface area contributed by atoms with Crippen molar-refractivity contribution in [2.75, 3.05) is 23.3 Å². The topological polar surface area (TPSA) is 67.9 Å². The maximum atomic E-state index is 13.2. The van der Waals surface area contributed by atoms with Crippen LogP contribution in [0.25, 0.3) is 0 Å². The van der Waals surface area contributed by atoms with Crippen LogP contribution in [0.5, 0.6) is 5.75 Å². The Bertz CT molecular complexity index is 1210. The summed E-state index contributed by atoms with van der Waals surface area (Å²) in [7, 11) is -2.08. The monoisotopic (exact) mass is 496 g/mol. The van der Waals surface area contributed by atoms with Gasteiger partial charge in [0.25, 0.3) is 10.0 Å². The maximum absolute atomic E-state index is 13.2. The number of rotatable bonds is 11. The van der Waals surface area contributed by atoms with Crippen LogP contribution in [0.15, 0.2) is 71.6 Å². The van der Waals surface area contributed by atoms with Gasteiger partial charge in [0.15, 0.2) is 0 Å². The van der Waals surface area contributed by atoms with Crippen LogP contribution in [0.4, 0.5) is 11.4 Å². The van der Waals surface area contributed by atoms with Gasteiger partial charge in [-0.05, 0) is 82.1 Å². The zero-order valence-electron chi connectivity index (χ0n) is 21.4. The fourth-order valence-corrected chi connectivity index (χ4v) is 5.12. The number of anilines is 2. The Hall–Kier alpha value is -3.03. The highest BCUT2D eigenvalue weighted by atomic mass is 32.2. The summed E-state index contributed by atoms with van der Waals surface area (Å²) in [5, 5.41) is 0. The minimum atomic E-state index is -3.73. The van der Waals surface area contributed by atoms with Gasteiger partial charge in [-0.15, -0.1) is 0 Å². The Kier molecular flexibility index (Phi) is 8.81. The van der Waals surface area contributed by atoms with Crippen molar-refractivity contribution in [3.05, 3.63) is 83.4 Å². The summed E-state index contributed by atoms with van der Waals surface area (Å²) in [6.45, 7) is 11.1. The molecule has 0 radical (unpaired) electrons. The molecule has 1 N–H and O–H groups in total. The van der Waals surface area contributed by atoms with E-state index in [2.05, 4.69) is 30.4 Å². The standard InChI is InChI=1S/C28H36N2O4S/c1-20(2)30(23(5)18-34-19-24-10-12-25(33-6)13-11-24)28-16-9-22(4)17-27(28)29-35(31,32)26-14-7-21(3)8-15-26/h7-17,20,23,29H,18-19H2,1-6H3/t23-/m1/s1. The van der Waals surface area contributed by atoms with Crippen molar-refractivity contribution in [3.8, 4) is 5.75 Å². The van der Waals surface area contributed by atoms with Gasteiger partial charge < -0.3 is 14.4 Å². The van der Waals surface area contributed by atoms with Gasteiger partial charge in [0.1, 0.15) is 5.75 Å². The zero-order chi connectivity index (χ0) is 25.6. The first-order valence-corrected chi connectivity index (χ1v) is 13.3. The van der Waals surface area contributed by atoms with Gasteiger partial charge in [0.2, 0.25) is 0 Å². The fraction of sp³-hybridized carbons (Fsp3) is 0.357. The number of methoxy groups -OCH3 is 1. The number of ether oxygens (including phenoxy) is 2. The van der Waals surface area contributed by atoms with Gasteiger partial charge in [0.05, 0.1) is 36.6 Å². The summed E-state index contributed by atoms with van der Waals surface area (Å²) in [5.74, 6) is 0.813. The van der Waals surface area contributed by atoms with Crippen molar-refractivity contribution >= 4 is 21.4 Å². The Morgan fingerprint density at radius 2 is 1.51 bits per heavy atom. The van der Waals surface area contributed by atoms with Crippen molar-refractivity contribution in [1.82, 2.24) is 0 Å². The Labute approximate surface area is 209 Å².